The molecule has 0 amide bonds. The molecule has 94 valence electrons. The van der Waals surface area contributed by atoms with Gasteiger partial charge in [0, 0.05) is 25.5 Å². The summed E-state index contributed by atoms with van der Waals surface area (Å²) in [6, 6.07) is 3.94. The maximum absolute atomic E-state index is 5.91. The first-order chi connectivity index (χ1) is 8.15. The molecule has 0 N–H and O–H groups in total. The zero-order chi connectivity index (χ0) is 12.3. The van der Waals surface area contributed by atoms with E-state index in [0.29, 0.717) is 5.15 Å². The third kappa shape index (κ3) is 3.58. The van der Waals surface area contributed by atoms with Crippen molar-refractivity contribution >= 4 is 17.3 Å². The SMILES string of the molecule is CN1CCC(CN(C)c2ccnc(Cl)c2)CC1. The van der Waals surface area contributed by atoms with Crippen LogP contribution in [0.2, 0.25) is 5.15 Å². The lowest BCUT2D eigenvalue weighted by Gasteiger charge is -2.32. The maximum Gasteiger partial charge on any atom is 0.131 e. The van der Waals surface area contributed by atoms with Gasteiger partial charge in [-0.2, -0.15) is 0 Å². The Kier molecular flexibility index (Phi) is 4.24. The summed E-state index contributed by atoms with van der Waals surface area (Å²) in [7, 11) is 4.33. The molecule has 1 saturated heterocycles. The number of piperidine rings is 1. The summed E-state index contributed by atoms with van der Waals surface area (Å²) in [6.07, 6.45) is 4.35. The molecule has 0 radical (unpaired) electrons. The highest BCUT2D eigenvalue weighted by Gasteiger charge is 2.18. The Labute approximate surface area is 108 Å². The van der Waals surface area contributed by atoms with Gasteiger partial charge < -0.3 is 9.80 Å². The van der Waals surface area contributed by atoms with E-state index < -0.39 is 0 Å². The number of halogens is 1. The van der Waals surface area contributed by atoms with Crippen LogP contribution >= 0.6 is 11.6 Å². The molecule has 4 heteroatoms. The van der Waals surface area contributed by atoms with Gasteiger partial charge in [-0.05, 0) is 51.0 Å². The normalized spacial score (nSPS) is 18.3. The van der Waals surface area contributed by atoms with Crippen molar-refractivity contribution in [1.82, 2.24) is 9.88 Å². The van der Waals surface area contributed by atoms with Crippen molar-refractivity contribution in [3.63, 3.8) is 0 Å². The highest BCUT2D eigenvalue weighted by atomic mass is 35.5. The van der Waals surface area contributed by atoms with E-state index in [9.17, 15) is 0 Å². The van der Waals surface area contributed by atoms with Crippen LogP contribution in [0, 0.1) is 5.92 Å². The van der Waals surface area contributed by atoms with Crippen LogP contribution in [-0.4, -0.2) is 43.6 Å². The topological polar surface area (TPSA) is 19.4 Å². The summed E-state index contributed by atoms with van der Waals surface area (Å²) >= 11 is 5.91. The number of rotatable bonds is 3. The minimum absolute atomic E-state index is 0.567. The van der Waals surface area contributed by atoms with Gasteiger partial charge in [0.25, 0.3) is 0 Å². The molecule has 0 atom stereocenters. The average molecular weight is 254 g/mol. The molecule has 0 spiro atoms. The van der Waals surface area contributed by atoms with Gasteiger partial charge in [0.1, 0.15) is 5.15 Å². The second-order valence-electron chi connectivity index (χ2n) is 4.96. The van der Waals surface area contributed by atoms with Crippen molar-refractivity contribution in [3.8, 4) is 0 Å². The number of likely N-dealkylation sites (tertiary alicyclic amines) is 1. The third-order valence-corrected chi connectivity index (χ3v) is 3.73. The number of pyridine rings is 1. The second-order valence-corrected chi connectivity index (χ2v) is 5.35. The second kappa shape index (κ2) is 5.69. The minimum atomic E-state index is 0.567. The zero-order valence-corrected chi connectivity index (χ0v) is 11.3. The molecule has 0 aromatic carbocycles. The van der Waals surface area contributed by atoms with E-state index in [1.165, 1.54) is 25.9 Å². The quantitative estimate of drug-likeness (QED) is 0.772. The maximum atomic E-state index is 5.91. The van der Waals surface area contributed by atoms with Gasteiger partial charge in [-0.15, -0.1) is 0 Å². The van der Waals surface area contributed by atoms with Crippen molar-refractivity contribution in [2.75, 3.05) is 38.6 Å². The fraction of sp³-hybridized carbons (Fsp3) is 0.615. The third-order valence-electron chi connectivity index (χ3n) is 3.52. The molecule has 1 fully saturated rings. The number of aromatic nitrogens is 1. The molecular formula is C13H20ClN3. The van der Waals surface area contributed by atoms with Gasteiger partial charge >= 0.3 is 0 Å². The van der Waals surface area contributed by atoms with Gasteiger partial charge in [-0.3, -0.25) is 0 Å². The zero-order valence-electron chi connectivity index (χ0n) is 10.6. The summed E-state index contributed by atoms with van der Waals surface area (Å²) < 4.78 is 0. The Morgan fingerprint density at radius 3 is 2.82 bits per heavy atom. The number of hydrogen-bond acceptors (Lipinski definition) is 3. The van der Waals surface area contributed by atoms with E-state index in [1.807, 2.05) is 12.1 Å². The molecule has 0 saturated carbocycles. The van der Waals surface area contributed by atoms with Crippen LogP contribution in [0.15, 0.2) is 18.3 Å². The monoisotopic (exact) mass is 253 g/mol. The van der Waals surface area contributed by atoms with Crippen LogP contribution in [0.4, 0.5) is 5.69 Å². The van der Waals surface area contributed by atoms with Crippen LogP contribution in [0.5, 0.6) is 0 Å². The van der Waals surface area contributed by atoms with E-state index in [4.69, 9.17) is 11.6 Å². The molecule has 0 bridgehead atoms. The average Bonchev–Trinajstić information content (AvgIpc) is 2.32. The largest absolute Gasteiger partial charge is 0.374 e. The van der Waals surface area contributed by atoms with Crippen molar-refractivity contribution < 1.29 is 0 Å². The summed E-state index contributed by atoms with van der Waals surface area (Å²) in [5.41, 5.74) is 1.16. The van der Waals surface area contributed by atoms with Crippen molar-refractivity contribution in [1.29, 1.82) is 0 Å². The molecule has 2 heterocycles. The van der Waals surface area contributed by atoms with Gasteiger partial charge in [-0.1, -0.05) is 11.6 Å². The lowest BCUT2D eigenvalue weighted by Crippen LogP contribution is -2.35. The smallest absolute Gasteiger partial charge is 0.131 e. The predicted molar refractivity (Wildman–Crippen MR) is 72.7 cm³/mol. The Morgan fingerprint density at radius 1 is 1.47 bits per heavy atom. The molecule has 0 aliphatic carbocycles. The molecule has 3 nitrogen and oxygen atoms in total. The molecule has 1 aliphatic rings. The Balaban J connectivity index is 1.90. The highest BCUT2D eigenvalue weighted by molar-refractivity contribution is 6.29. The Bertz CT molecular complexity index is 361. The number of anilines is 1. The Hall–Kier alpha value is -0.800. The van der Waals surface area contributed by atoms with Gasteiger partial charge in [0.05, 0.1) is 0 Å². The first-order valence-corrected chi connectivity index (χ1v) is 6.54. The lowest BCUT2D eigenvalue weighted by molar-refractivity contribution is 0.222. The van der Waals surface area contributed by atoms with Crippen molar-refractivity contribution in [2.45, 2.75) is 12.8 Å². The standard InChI is InChI=1S/C13H20ClN3/c1-16-7-4-11(5-8-16)10-17(2)12-3-6-15-13(14)9-12/h3,6,9,11H,4-5,7-8,10H2,1-2H3. The van der Waals surface area contributed by atoms with E-state index in [2.05, 4.69) is 28.9 Å². The van der Waals surface area contributed by atoms with Gasteiger partial charge in [0.15, 0.2) is 0 Å². The molecule has 17 heavy (non-hydrogen) atoms. The van der Waals surface area contributed by atoms with Crippen LogP contribution in [0.3, 0.4) is 0 Å². The summed E-state index contributed by atoms with van der Waals surface area (Å²) in [5, 5.41) is 0.567. The van der Waals surface area contributed by atoms with E-state index in [-0.39, 0.29) is 0 Å². The van der Waals surface area contributed by atoms with E-state index in [0.717, 1.165) is 18.2 Å². The lowest BCUT2D eigenvalue weighted by atomic mass is 9.96. The van der Waals surface area contributed by atoms with Crippen LogP contribution in [0.1, 0.15) is 12.8 Å². The van der Waals surface area contributed by atoms with Crippen molar-refractivity contribution in [3.05, 3.63) is 23.5 Å². The van der Waals surface area contributed by atoms with E-state index in [1.54, 1.807) is 6.20 Å². The van der Waals surface area contributed by atoms with Gasteiger partial charge in [0.2, 0.25) is 0 Å². The molecule has 0 unspecified atom stereocenters. The molecule has 1 aromatic heterocycles. The highest BCUT2D eigenvalue weighted by Crippen LogP contribution is 2.21. The molecule has 1 aromatic rings. The minimum Gasteiger partial charge on any atom is -0.374 e. The van der Waals surface area contributed by atoms with Crippen LogP contribution in [0.25, 0.3) is 0 Å². The van der Waals surface area contributed by atoms with Crippen LogP contribution < -0.4 is 4.90 Å². The number of nitrogens with zero attached hydrogens (tertiary/aromatic N) is 3. The fourth-order valence-corrected chi connectivity index (χ4v) is 2.54. The Morgan fingerprint density at radius 2 is 2.18 bits per heavy atom. The van der Waals surface area contributed by atoms with Crippen molar-refractivity contribution in [2.24, 2.45) is 5.92 Å². The molecule has 1 aliphatic heterocycles. The predicted octanol–water partition coefficient (Wildman–Crippen LogP) is 2.51. The molecule has 2 rings (SSSR count). The van der Waals surface area contributed by atoms with Crippen LogP contribution in [-0.2, 0) is 0 Å². The number of hydrogen-bond donors (Lipinski definition) is 0. The summed E-state index contributed by atoms with van der Waals surface area (Å²) in [4.78, 5) is 8.69. The summed E-state index contributed by atoms with van der Waals surface area (Å²) in [5.74, 6) is 0.795. The first-order valence-electron chi connectivity index (χ1n) is 6.16. The fourth-order valence-electron chi connectivity index (χ4n) is 2.37. The molecular weight excluding hydrogens is 234 g/mol. The van der Waals surface area contributed by atoms with Gasteiger partial charge in [-0.25, -0.2) is 4.98 Å². The summed E-state index contributed by atoms with van der Waals surface area (Å²) in [6.45, 7) is 3.54. The van der Waals surface area contributed by atoms with E-state index >= 15 is 0 Å². The first kappa shape index (κ1) is 12.7.